The first-order valence-electron chi connectivity index (χ1n) is 5.86. The minimum atomic E-state index is -4.26. The fourth-order valence-corrected chi connectivity index (χ4v) is 2.04. The van der Waals surface area contributed by atoms with E-state index in [1.165, 1.54) is 0 Å². The monoisotopic (exact) mass is 255 g/mol. The molecule has 102 valence electrons. The summed E-state index contributed by atoms with van der Waals surface area (Å²) in [4.78, 5) is 0. The third kappa shape index (κ3) is 4.44. The Morgan fingerprint density at radius 2 is 2.18 bits per heavy atom. The normalized spacial score (nSPS) is 29.8. The van der Waals surface area contributed by atoms with Crippen molar-refractivity contribution in [2.75, 3.05) is 32.9 Å². The molecule has 1 N–H and O–H groups in total. The first kappa shape index (κ1) is 14.7. The van der Waals surface area contributed by atoms with E-state index in [-0.39, 0.29) is 18.1 Å². The van der Waals surface area contributed by atoms with E-state index in [9.17, 15) is 13.2 Å². The number of alkyl halides is 3. The van der Waals surface area contributed by atoms with Gasteiger partial charge in [0.25, 0.3) is 0 Å². The second-order valence-electron chi connectivity index (χ2n) is 4.51. The van der Waals surface area contributed by atoms with Crippen molar-refractivity contribution in [1.82, 2.24) is 5.32 Å². The first-order chi connectivity index (χ1) is 7.90. The summed E-state index contributed by atoms with van der Waals surface area (Å²) >= 11 is 0. The predicted octanol–water partition coefficient (Wildman–Crippen LogP) is 1.97. The Kier molecular flexibility index (Phi) is 5.22. The standard InChI is InChI=1S/C11H20F3NO2/c1-3-15-6-10(4-5-17-9(10)2)7-16-8-11(12,13)14/h9,15H,3-8H2,1-2H3. The van der Waals surface area contributed by atoms with Gasteiger partial charge in [-0.2, -0.15) is 13.2 Å². The average Bonchev–Trinajstić information content (AvgIpc) is 2.56. The SMILES string of the molecule is CCNCC1(COCC(F)(F)F)CCOC1C. The smallest absolute Gasteiger partial charge is 0.378 e. The van der Waals surface area contributed by atoms with Crippen LogP contribution in [0.5, 0.6) is 0 Å². The van der Waals surface area contributed by atoms with Gasteiger partial charge >= 0.3 is 6.18 Å². The fraction of sp³-hybridized carbons (Fsp3) is 1.00. The molecule has 0 saturated carbocycles. The van der Waals surface area contributed by atoms with Gasteiger partial charge in [-0.15, -0.1) is 0 Å². The van der Waals surface area contributed by atoms with Crippen molar-refractivity contribution >= 4 is 0 Å². The highest BCUT2D eigenvalue weighted by atomic mass is 19.4. The molecule has 1 fully saturated rings. The summed E-state index contributed by atoms with van der Waals surface area (Å²) in [5.41, 5.74) is -0.332. The van der Waals surface area contributed by atoms with Crippen molar-refractivity contribution < 1.29 is 22.6 Å². The second-order valence-corrected chi connectivity index (χ2v) is 4.51. The highest BCUT2D eigenvalue weighted by molar-refractivity contribution is 4.91. The van der Waals surface area contributed by atoms with Crippen LogP contribution in [0.4, 0.5) is 13.2 Å². The van der Waals surface area contributed by atoms with Gasteiger partial charge in [0.1, 0.15) is 6.61 Å². The number of ether oxygens (including phenoxy) is 2. The molecule has 0 aromatic carbocycles. The first-order valence-corrected chi connectivity index (χ1v) is 5.86. The van der Waals surface area contributed by atoms with Crippen molar-refractivity contribution in [2.45, 2.75) is 32.5 Å². The van der Waals surface area contributed by atoms with Crippen LogP contribution in [0.1, 0.15) is 20.3 Å². The lowest BCUT2D eigenvalue weighted by Crippen LogP contribution is -2.43. The highest BCUT2D eigenvalue weighted by Gasteiger charge is 2.42. The van der Waals surface area contributed by atoms with Crippen LogP contribution in [0.15, 0.2) is 0 Å². The summed E-state index contributed by atoms with van der Waals surface area (Å²) in [6.07, 6.45) is -3.60. The van der Waals surface area contributed by atoms with Crippen molar-refractivity contribution in [1.29, 1.82) is 0 Å². The lowest BCUT2D eigenvalue weighted by atomic mass is 9.82. The molecular formula is C11H20F3NO2. The summed E-state index contributed by atoms with van der Waals surface area (Å²) in [5, 5.41) is 3.17. The van der Waals surface area contributed by atoms with Gasteiger partial charge in [-0.25, -0.2) is 0 Å². The maximum absolute atomic E-state index is 12.0. The van der Waals surface area contributed by atoms with E-state index >= 15 is 0 Å². The van der Waals surface area contributed by atoms with Crippen molar-refractivity contribution in [3.8, 4) is 0 Å². The van der Waals surface area contributed by atoms with Crippen molar-refractivity contribution in [3.63, 3.8) is 0 Å². The highest BCUT2D eigenvalue weighted by Crippen LogP contribution is 2.35. The van der Waals surface area contributed by atoms with Gasteiger partial charge in [-0.1, -0.05) is 6.92 Å². The molecule has 6 heteroatoms. The lowest BCUT2D eigenvalue weighted by molar-refractivity contribution is -0.182. The Labute approximate surface area is 99.7 Å². The molecule has 17 heavy (non-hydrogen) atoms. The number of rotatable bonds is 6. The third-order valence-electron chi connectivity index (χ3n) is 3.21. The summed E-state index contributed by atoms with van der Waals surface area (Å²) in [6.45, 7) is 4.75. The van der Waals surface area contributed by atoms with Crippen molar-refractivity contribution in [2.24, 2.45) is 5.41 Å². The zero-order valence-electron chi connectivity index (χ0n) is 10.3. The molecule has 0 aliphatic carbocycles. The molecule has 0 radical (unpaired) electrons. The van der Waals surface area contributed by atoms with E-state index in [4.69, 9.17) is 9.47 Å². The average molecular weight is 255 g/mol. The third-order valence-corrected chi connectivity index (χ3v) is 3.21. The van der Waals surface area contributed by atoms with Crippen molar-refractivity contribution in [3.05, 3.63) is 0 Å². The van der Waals surface area contributed by atoms with Crippen LogP contribution in [0, 0.1) is 5.41 Å². The molecule has 2 atom stereocenters. The summed E-state index contributed by atoms with van der Waals surface area (Å²) in [7, 11) is 0. The molecule has 1 heterocycles. The molecule has 0 aromatic heterocycles. The van der Waals surface area contributed by atoms with E-state index in [2.05, 4.69) is 5.32 Å². The number of hydrogen-bond acceptors (Lipinski definition) is 3. The maximum atomic E-state index is 12.0. The minimum Gasteiger partial charge on any atom is -0.378 e. The summed E-state index contributed by atoms with van der Waals surface area (Å²) in [6, 6.07) is 0. The van der Waals surface area contributed by atoms with Gasteiger partial charge in [0.2, 0.25) is 0 Å². The topological polar surface area (TPSA) is 30.5 Å². The molecule has 0 amide bonds. The van der Waals surface area contributed by atoms with Crippen LogP contribution < -0.4 is 5.32 Å². The molecule has 1 rings (SSSR count). The molecule has 0 spiro atoms. The molecule has 0 bridgehead atoms. The Balaban J connectivity index is 2.47. The number of hydrogen-bond donors (Lipinski definition) is 1. The van der Waals surface area contributed by atoms with E-state index in [1.54, 1.807) is 0 Å². The van der Waals surface area contributed by atoms with Crippen LogP contribution in [0.3, 0.4) is 0 Å². The van der Waals surface area contributed by atoms with Crippen LogP contribution in [0.2, 0.25) is 0 Å². The lowest BCUT2D eigenvalue weighted by Gasteiger charge is -2.32. The van der Waals surface area contributed by atoms with Gasteiger partial charge in [-0.05, 0) is 19.9 Å². The fourth-order valence-electron chi connectivity index (χ4n) is 2.04. The molecule has 1 saturated heterocycles. The minimum absolute atomic E-state index is 0.0743. The molecule has 0 aromatic rings. The van der Waals surface area contributed by atoms with E-state index in [1.807, 2.05) is 13.8 Å². The van der Waals surface area contributed by atoms with Crippen LogP contribution >= 0.6 is 0 Å². The van der Waals surface area contributed by atoms with Crippen LogP contribution in [0.25, 0.3) is 0 Å². The summed E-state index contributed by atoms with van der Waals surface area (Å²) in [5.74, 6) is 0. The Morgan fingerprint density at radius 3 is 2.65 bits per heavy atom. The van der Waals surface area contributed by atoms with Gasteiger partial charge < -0.3 is 14.8 Å². The predicted molar refractivity (Wildman–Crippen MR) is 57.9 cm³/mol. The largest absolute Gasteiger partial charge is 0.411 e. The van der Waals surface area contributed by atoms with Crippen LogP contribution in [-0.2, 0) is 9.47 Å². The van der Waals surface area contributed by atoms with E-state index in [0.29, 0.717) is 13.2 Å². The van der Waals surface area contributed by atoms with Gasteiger partial charge in [0.15, 0.2) is 0 Å². The van der Waals surface area contributed by atoms with Crippen LogP contribution in [-0.4, -0.2) is 45.2 Å². The molecule has 3 nitrogen and oxygen atoms in total. The molecule has 2 unspecified atom stereocenters. The van der Waals surface area contributed by atoms with Gasteiger partial charge in [-0.3, -0.25) is 0 Å². The van der Waals surface area contributed by atoms with Gasteiger partial charge in [0.05, 0.1) is 12.7 Å². The molecular weight excluding hydrogens is 235 g/mol. The second kappa shape index (κ2) is 6.02. The Morgan fingerprint density at radius 1 is 1.47 bits per heavy atom. The number of nitrogens with one attached hydrogen (secondary N) is 1. The zero-order valence-corrected chi connectivity index (χ0v) is 10.3. The van der Waals surface area contributed by atoms with Gasteiger partial charge in [0, 0.05) is 18.6 Å². The maximum Gasteiger partial charge on any atom is 0.411 e. The van der Waals surface area contributed by atoms with E-state index < -0.39 is 12.8 Å². The quantitative estimate of drug-likeness (QED) is 0.787. The molecule has 1 aliphatic heterocycles. The Hall–Kier alpha value is -0.330. The summed E-state index contributed by atoms with van der Waals surface area (Å²) < 4.78 is 46.4. The molecule has 1 aliphatic rings. The van der Waals surface area contributed by atoms with E-state index in [0.717, 1.165) is 13.0 Å². The Bertz CT molecular complexity index is 235. The zero-order chi connectivity index (χ0) is 12.9. The number of halogens is 3.